The van der Waals surface area contributed by atoms with Gasteiger partial charge < -0.3 is 4.90 Å². The van der Waals surface area contributed by atoms with Crippen molar-refractivity contribution in [2.24, 2.45) is 5.84 Å². The van der Waals surface area contributed by atoms with Gasteiger partial charge in [0.25, 0.3) is 21.4 Å². The van der Waals surface area contributed by atoms with Crippen LogP contribution in [0.2, 0.25) is 0 Å². The molecule has 5 rings (SSSR count). The molecule has 1 aliphatic heterocycles. The molecule has 1 fully saturated rings. The number of hydrogen-bond acceptors (Lipinski definition) is 5. The molecule has 11 heteroatoms. The van der Waals surface area contributed by atoms with E-state index in [1.807, 2.05) is 18.3 Å². The average Bonchev–Trinajstić information content (AvgIpc) is 3.55. The minimum Gasteiger partial charge on any atom is -0.371 e. The summed E-state index contributed by atoms with van der Waals surface area (Å²) in [6.07, 6.45) is 5.56. The van der Waals surface area contributed by atoms with E-state index in [9.17, 15) is 22.0 Å². The standard InChI is InChI=1S/C19H21N5O3S.C6H4F2/c1-14-6-2-3-7-18(14)28(26,27)24(20)19(25)16-13-21-23-11-8-15(12-17(16)23)22-9-4-5-10-22;7-5-1-2-6(8)4-3-5/h2-3,6-8,11-13H,4-5,9-10,20H2,1H3;1-4H/p+1. The van der Waals surface area contributed by atoms with Crippen LogP contribution >= 0.6 is 0 Å². The van der Waals surface area contributed by atoms with Crippen LogP contribution < -0.4 is 15.3 Å². The highest BCUT2D eigenvalue weighted by Crippen LogP contribution is 2.23. The predicted molar refractivity (Wildman–Crippen MR) is 130 cm³/mol. The van der Waals surface area contributed by atoms with Crippen LogP contribution in [0, 0.1) is 18.6 Å². The molecule has 1 amide bonds. The van der Waals surface area contributed by atoms with Crippen molar-refractivity contribution in [2.75, 3.05) is 18.0 Å². The lowest BCUT2D eigenvalue weighted by molar-refractivity contribution is -0.576. The number of hydrazine groups is 1. The van der Waals surface area contributed by atoms with Crippen molar-refractivity contribution >= 4 is 27.1 Å². The Labute approximate surface area is 207 Å². The molecule has 0 atom stereocenters. The quantitative estimate of drug-likeness (QED) is 0.188. The first-order chi connectivity index (χ1) is 17.2. The number of aromatic nitrogens is 2. The molecule has 2 aromatic heterocycles. The van der Waals surface area contributed by atoms with Crippen LogP contribution in [-0.2, 0) is 10.0 Å². The van der Waals surface area contributed by atoms with Crippen LogP contribution in [0.4, 0.5) is 14.5 Å². The van der Waals surface area contributed by atoms with Crippen molar-refractivity contribution in [3.05, 3.63) is 95.8 Å². The van der Waals surface area contributed by atoms with E-state index in [0.29, 0.717) is 15.5 Å². The Morgan fingerprint density at radius 1 is 1.03 bits per heavy atom. The first-order valence-corrected chi connectivity index (χ1v) is 12.7. The van der Waals surface area contributed by atoms with E-state index >= 15 is 0 Å². The summed E-state index contributed by atoms with van der Waals surface area (Å²) in [4.78, 5) is 15.2. The fourth-order valence-corrected chi connectivity index (χ4v) is 5.22. The number of nitrogens with one attached hydrogen (secondary N) is 1. The Bertz CT molecular complexity index is 1460. The third kappa shape index (κ3) is 5.21. The van der Waals surface area contributed by atoms with E-state index in [1.165, 1.54) is 12.3 Å². The van der Waals surface area contributed by atoms with Gasteiger partial charge in [-0.15, -0.1) is 0 Å². The number of amides is 1. The van der Waals surface area contributed by atoms with E-state index in [2.05, 4.69) is 10.00 Å². The van der Waals surface area contributed by atoms with Crippen molar-refractivity contribution < 1.29 is 26.5 Å². The fraction of sp³-hybridized carbons (Fsp3) is 0.200. The second-order valence-electron chi connectivity index (χ2n) is 8.33. The molecule has 0 radical (unpaired) electrons. The molecule has 36 heavy (non-hydrogen) atoms. The lowest BCUT2D eigenvalue weighted by Crippen LogP contribution is -2.42. The SMILES string of the molecule is Cc1ccccc1S(=O)(=O)N(N)C(=O)c1c[nH][n+]2ccc(N3CCCC3)cc12.Fc1ccc(F)cc1. The Balaban J connectivity index is 0.000000325. The molecule has 0 saturated carbocycles. The topological polar surface area (TPSA) is 104 Å². The zero-order valence-electron chi connectivity index (χ0n) is 19.6. The maximum atomic E-state index is 13.0. The Kier molecular flexibility index (Phi) is 7.32. The van der Waals surface area contributed by atoms with Gasteiger partial charge in [0.1, 0.15) is 17.2 Å². The molecular formula is C25H26F2N5O3S+. The number of carbonyl (C=O) groups is 1. The van der Waals surface area contributed by atoms with E-state index < -0.39 is 27.6 Å². The molecule has 1 aliphatic rings. The largest absolute Gasteiger partial charge is 0.371 e. The zero-order valence-corrected chi connectivity index (χ0v) is 20.4. The van der Waals surface area contributed by atoms with Gasteiger partial charge in [-0.2, -0.15) is 17.9 Å². The normalized spacial score (nSPS) is 13.4. The summed E-state index contributed by atoms with van der Waals surface area (Å²) in [6, 6.07) is 14.6. The molecule has 0 spiro atoms. The molecule has 188 valence electrons. The predicted octanol–water partition coefficient (Wildman–Crippen LogP) is 3.33. The second kappa shape index (κ2) is 10.4. The smallest absolute Gasteiger partial charge is 0.290 e. The molecule has 3 heterocycles. The van der Waals surface area contributed by atoms with E-state index in [4.69, 9.17) is 5.84 Å². The van der Waals surface area contributed by atoms with Crippen molar-refractivity contribution in [1.82, 2.24) is 9.51 Å². The summed E-state index contributed by atoms with van der Waals surface area (Å²) in [5, 5.41) is 2.94. The second-order valence-corrected chi connectivity index (χ2v) is 10.1. The number of anilines is 1. The van der Waals surface area contributed by atoms with Gasteiger partial charge in [-0.05, 0) is 55.7 Å². The average molecular weight is 515 g/mol. The lowest BCUT2D eigenvalue weighted by atomic mass is 10.2. The summed E-state index contributed by atoms with van der Waals surface area (Å²) in [6.45, 7) is 3.60. The molecule has 4 aromatic rings. The number of fused-ring (bicyclic) bond motifs is 1. The number of hydrogen-bond donors (Lipinski definition) is 2. The Morgan fingerprint density at radius 2 is 1.64 bits per heavy atom. The van der Waals surface area contributed by atoms with E-state index in [1.54, 1.807) is 29.6 Å². The molecule has 0 bridgehead atoms. The first kappa shape index (κ1) is 25.3. The highest BCUT2D eigenvalue weighted by Gasteiger charge is 2.32. The number of H-pyrrole nitrogens is 1. The molecular weight excluding hydrogens is 488 g/mol. The third-order valence-corrected chi connectivity index (χ3v) is 7.60. The number of pyridine rings is 1. The van der Waals surface area contributed by atoms with E-state index in [-0.39, 0.29) is 10.5 Å². The molecule has 3 N–H and O–H groups in total. The zero-order chi connectivity index (χ0) is 25.9. The summed E-state index contributed by atoms with van der Waals surface area (Å²) >= 11 is 0. The maximum absolute atomic E-state index is 13.0. The first-order valence-electron chi connectivity index (χ1n) is 11.3. The molecule has 0 aliphatic carbocycles. The van der Waals surface area contributed by atoms with Crippen LogP contribution in [0.3, 0.4) is 0 Å². The number of benzene rings is 2. The summed E-state index contributed by atoms with van der Waals surface area (Å²) in [5.41, 5.74) is 2.29. The maximum Gasteiger partial charge on any atom is 0.290 e. The minimum absolute atomic E-state index is 0.0103. The number of nitrogens with zero attached hydrogens (tertiary/aromatic N) is 3. The van der Waals surface area contributed by atoms with Gasteiger partial charge in [-0.25, -0.2) is 14.6 Å². The molecule has 8 nitrogen and oxygen atoms in total. The van der Waals surface area contributed by atoms with Crippen LogP contribution in [0.15, 0.2) is 78.0 Å². The van der Waals surface area contributed by atoms with Crippen molar-refractivity contribution in [2.45, 2.75) is 24.7 Å². The van der Waals surface area contributed by atoms with Gasteiger partial charge >= 0.3 is 0 Å². The van der Waals surface area contributed by atoms with Gasteiger partial charge in [0.15, 0.2) is 0 Å². The number of halogens is 2. The number of carbonyl (C=O) groups excluding carboxylic acids is 1. The monoisotopic (exact) mass is 514 g/mol. The van der Waals surface area contributed by atoms with Crippen LogP contribution in [0.1, 0.15) is 28.8 Å². The number of sulfonamides is 1. The minimum atomic E-state index is -4.16. The molecule has 2 aromatic carbocycles. The number of aryl methyl sites for hydroxylation is 1. The van der Waals surface area contributed by atoms with Crippen LogP contribution in [0.25, 0.3) is 5.52 Å². The lowest BCUT2D eigenvalue weighted by Gasteiger charge is -2.17. The third-order valence-electron chi connectivity index (χ3n) is 5.90. The van der Waals surface area contributed by atoms with Gasteiger partial charge in [-0.3, -0.25) is 4.79 Å². The van der Waals surface area contributed by atoms with Crippen LogP contribution in [-0.4, -0.2) is 36.9 Å². The van der Waals surface area contributed by atoms with E-state index in [0.717, 1.165) is 55.9 Å². The van der Waals surface area contributed by atoms with Crippen molar-refractivity contribution in [3.63, 3.8) is 0 Å². The van der Waals surface area contributed by atoms with Gasteiger partial charge in [0.2, 0.25) is 6.20 Å². The number of aromatic amines is 1. The van der Waals surface area contributed by atoms with Crippen molar-refractivity contribution in [3.8, 4) is 0 Å². The Hall–Kier alpha value is -3.83. The van der Waals surface area contributed by atoms with Crippen LogP contribution in [0.5, 0.6) is 0 Å². The number of nitrogens with two attached hydrogens (primary N) is 1. The molecule has 0 unspecified atom stereocenters. The van der Waals surface area contributed by atoms with Gasteiger partial charge in [0.05, 0.1) is 11.1 Å². The molecule has 1 saturated heterocycles. The number of rotatable bonds is 4. The summed E-state index contributed by atoms with van der Waals surface area (Å²) in [7, 11) is -4.16. The Morgan fingerprint density at radius 3 is 2.25 bits per heavy atom. The van der Waals surface area contributed by atoms with Crippen molar-refractivity contribution in [1.29, 1.82) is 0 Å². The summed E-state index contributed by atoms with van der Waals surface area (Å²) in [5.74, 6) is 4.19. The fourth-order valence-electron chi connectivity index (χ4n) is 3.97. The highest BCUT2D eigenvalue weighted by atomic mass is 32.2. The highest BCUT2D eigenvalue weighted by molar-refractivity contribution is 7.89. The summed E-state index contributed by atoms with van der Waals surface area (Å²) < 4.78 is 51.5. The van der Waals surface area contributed by atoms with Gasteiger partial charge in [0, 0.05) is 30.9 Å². The van der Waals surface area contributed by atoms with Gasteiger partial charge in [-0.1, -0.05) is 22.7 Å².